The van der Waals surface area contributed by atoms with Crippen molar-refractivity contribution in [2.24, 2.45) is 0 Å². The minimum Gasteiger partial charge on any atom is -0.444 e. The molecule has 1 aliphatic carbocycles. The quantitative estimate of drug-likeness (QED) is 0.663. The molecule has 1 unspecified atom stereocenters. The Kier molecular flexibility index (Phi) is 7.51. The van der Waals surface area contributed by atoms with Crippen molar-refractivity contribution in [2.45, 2.75) is 91.0 Å². The van der Waals surface area contributed by atoms with Gasteiger partial charge in [-0.25, -0.2) is 14.6 Å². The van der Waals surface area contributed by atoms with E-state index in [-0.39, 0.29) is 11.9 Å². The maximum atomic E-state index is 12.6. The first-order valence-corrected chi connectivity index (χ1v) is 10.5. The number of ether oxygens (including phenoxy) is 2. The number of carbonyl (C=O) groups is 3. The first kappa shape index (κ1) is 24.4. The van der Waals surface area contributed by atoms with Crippen molar-refractivity contribution in [3.05, 3.63) is 23.4 Å². The lowest BCUT2D eigenvalue weighted by Crippen LogP contribution is -2.47. The molecular weight excluding hydrogens is 400 g/mol. The highest BCUT2D eigenvalue weighted by Gasteiger charge is 2.27. The number of amides is 3. The maximum absolute atomic E-state index is 12.6. The molecule has 2 atom stereocenters. The Bertz CT molecular complexity index is 826. The number of nitrogens with zero attached hydrogens (tertiary/aromatic N) is 1. The SMILES string of the molecule is C[C@H](NC(=O)OC(C)(C)C)C(=O)NC1CCCc2nc(NC(=O)OC(C)(C)C)ccc21. The fourth-order valence-electron chi connectivity index (χ4n) is 3.13. The van der Waals surface area contributed by atoms with Crippen LogP contribution in [0.5, 0.6) is 0 Å². The smallest absolute Gasteiger partial charge is 0.413 e. The Hall–Kier alpha value is -2.84. The largest absolute Gasteiger partial charge is 0.444 e. The van der Waals surface area contributed by atoms with E-state index in [4.69, 9.17) is 9.47 Å². The van der Waals surface area contributed by atoms with Crippen LogP contribution in [0.2, 0.25) is 0 Å². The van der Waals surface area contributed by atoms with Gasteiger partial charge in [-0.2, -0.15) is 0 Å². The second kappa shape index (κ2) is 9.53. The molecule has 0 bridgehead atoms. The minimum absolute atomic E-state index is 0.220. The van der Waals surface area contributed by atoms with Crippen LogP contribution in [0, 0.1) is 0 Å². The second-order valence-corrected chi connectivity index (χ2v) is 9.68. The molecule has 1 heterocycles. The van der Waals surface area contributed by atoms with Crippen LogP contribution in [0.15, 0.2) is 12.1 Å². The number of anilines is 1. The monoisotopic (exact) mass is 434 g/mol. The molecule has 172 valence electrons. The van der Waals surface area contributed by atoms with E-state index in [9.17, 15) is 14.4 Å². The van der Waals surface area contributed by atoms with Crippen LogP contribution in [0.4, 0.5) is 15.4 Å². The molecule has 9 nitrogen and oxygen atoms in total. The summed E-state index contributed by atoms with van der Waals surface area (Å²) in [6.45, 7) is 12.3. The second-order valence-electron chi connectivity index (χ2n) is 9.68. The molecule has 0 saturated carbocycles. The number of aryl methyl sites for hydroxylation is 1. The molecule has 0 saturated heterocycles. The summed E-state index contributed by atoms with van der Waals surface area (Å²) < 4.78 is 10.5. The molecule has 31 heavy (non-hydrogen) atoms. The summed E-state index contributed by atoms with van der Waals surface area (Å²) in [7, 11) is 0. The summed E-state index contributed by atoms with van der Waals surface area (Å²) in [5.41, 5.74) is 0.480. The number of pyridine rings is 1. The van der Waals surface area contributed by atoms with Gasteiger partial charge in [-0.15, -0.1) is 0 Å². The van der Waals surface area contributed by atoms with E-state index in [1.807, 2.05) is 6.07 Å². The van der Waals surface area contributed by atoms with E-state index in [0.29, 0.717) is 5.82 Å². The predicted molar refractivity (Wildman–Crippen MR) is 117 cm³/mol. The van der Waals surface area contributed by atoms with E-state index in [0.717, 1.165) is 30.5 Å². The van der Waals surface area contributed by atoms with Crippen LogP contribution in [0.1, 0.15) is 78.6 Å². The van der Waals surface area contributed by atoms with E-state index in [1.54, 1.807) is 54.5 Å². The van der Waals surface area contributed by atoms with Gasteiger partial charge in [0.1, 0.15) is 23.1 Å². The maximum Gasteiger partial charge on any atom is 0.413 e. The van der Waals surface area contributed by atoms with Crippen LogP contribution >= 0.6 is 0 Å². The molecular formula is C22H34N4O5. The van der Waals surface area contributed by atoms with Crippen molar-refractivity contribution < 1.29 is 23.9 Å². The Labute approximate surface area is 183 Å². The van der Waals surface area contributed by atoms with Gasteiger partial charge in [0.15, 0.2) is 0 Å². The van der Waals surface area contributed by atoms with Crippen molar-refractivity contribution in [1.29, 1.82) is 0 Å². The van der Waals surface area contributed by atoms with E-state index >= 15 is 0 Å². The van der Waals surface area contributed by atoms with Gasteiger partial charge >= 0.3 is 12.2 Å². The zero-order chi connectivity index (χ0) is 23.4. The number of hydrogen-bond acceptors (Lipinski definition) is 6. The Morgan fingerprint density at radius 1 is 1.03 bits per heavy atom. The lowest BCUT2D eigenvalue weighted by molar-refractivity contribution is -0.123. The molecule has 2 rings (SSSR count). The number of rotatable bonds is 4. The van der Waals surface area contributed by atoms with Crippen LogP contribution in [-0.2, 0) is 20.7 Å². The summed E-state index contributed by atoms with van der Waals surface area (Å²) in [6.07, 6.45) is 1.14. The summed E-state index contributed by atoms with van der Waals surface area (Å²) in [5.74, 6) is 0.0969. The van der Waals surface area contributed by atoms with Crippen LogP contribution in [0.3, 0.4) is 0 Å². The number of carbonyl (C=O) groups excluding carboxylic acids is 3. The topological polar surface area (TPSA) is 119 Å². The van der Waals surface area contributed by atoms with Gasteiger partial charge in [-0.1, -0.05) is 6.07 Å². The summed E-state index contributed by atoms with van der Waals surface area (Å²) in [5, 5.41) is 8.16. The summed E-state index contributed by atoms with van der Waals surface area (Å²) >= 11 is 0. The first-order valence-electron chi connectivity index (χ1n) is 10.5. The fraction of sp³-hybridized carbons (Fsp3) is 0.636. The van der Waals surface area contributed by atoms with Crippen molar-refractivity contribution >= 4 is 23.9 Å². The van der Waals surface area contributed by atoms with E-state index in [2.05, 4.69) is 20.9 Å². The number of alkyl carbamates (subject to hydrolysis) is 1. The highest BCUT2D eigenvalue weighted by Crippen LogP contribution is 2.29. The third-order valence-electron chi connectivity index (χ3n) is 4.36. The highest BCUT2D eigenvalue weighted by molar-refractivity contribution is 5.86. The number of fused-ring (bicyclic) bond motifs is 1. The van der Waals surface area contributed by atoms with Crippen molar-refractivity contribution in [2.75, 3.05) is 5.32 Å². The van der Waals surface area contributed by atoms with Crippen LogP contribution in [0.25, 0.3) is 0 Å². The minimum atomic E-state index is -0.749. The molecule has 1 aliphatic rings. The molecule has 3 N–H and O–H groups in total. The summed E-state index contributed by atoms with van der Waals surface area (Å²) in [4.78, 5) is 41.0. The lowest BCUT2D eigenvalue weighted by Gasteiger charge is -2.28. The van der Waals surface area contributed by atoms with Gasteiger partial charge in [-0.3, -0.25) is 10.1 Å². The van der Waals surface area contributed by atoms with Crippen molar-refractivity contribution in [3.63, 3.8) is 0 Å². The average molecular weight is 435 g/mol. The lowest BCUT2D eigenvalue weighted by atomic mass is 9.91. The predicted octanol–water partition coefficient (Wildman–Crippen LogP) is 3.84. The van der Waals surface area contributed by atoms with E-state index in [1.165, 1.54) is 0 Å². The van der Waals surface area contributed by atoms with Gasteiger partial charge in [0, 0.05) is 5.69 Å². The fourth-order valence-corrected chi connectivity index (χ4v) is 3.13. The zero-order valence-corrected chi connectivity index (χ0v) is 19.4. The van der Waals surface area contributed by atoms with Gasteiger partial charge in [0.05, 0.1) is 6.04 Å². The van der Waals surface area contributed by atoms with Crippen LogP contribution < -0.4 is 16.0 Å². The average Bonchev–Trinajstić information content (AvgIpc) is 2.58. The van der Waals surface area contributed by atoms with Gasteiger partial charge in [0.25, 0.3) is 0 Å². The first-order chi connectivity index (χ1) is 14.2. The van der Waals surface area contributed by atoms with Gasteiger partial charge in [0.2, 0.25) is 5.91 Å². The normalized spacial score (nSPS) is 17.1. The molecule has 0 fully saturated rings. The molecule has 0 radical (unpaired) electrons. The molecule has 0 spiro atoms. The van der Waals surface area contributed by atoms with Gasteiger partial charge in [-0.05, 0) is 79.4 Å². The van der Waals surface area contributed by atoms with E-state index < -0.39 is 29.4 Å². The molecule has 9 heteroatoms. The molecule has 0 aromatic carbocycles. The molecule has 1 aromatic heterocycles. The number of hydrogen-bond donors (Lipinski definition) is 3. The molecule has 3 amide bonds. The zero-order valence-electron chi connectivity index (χ0n) is 19.4. The highest BCUT2D eigenvalue weighted by atomic mass is 16.6. The standard InChI is InChI=1S/C22H34N4O5/c1-13(23-19(28)30-21(2,3)4)18(27)25-16-10-8-9-15-14(16)11-12-17(24-15)26-20(29)31-22(5,6)7/h11-13,16H,8-10H2,1-7H3,(H,23,28)(H,25,27)(H,24,26,29)/t13-,16?/m0/s1. The third-order valence-corrected chi connectivity index (χ3v) is 4.36. The molecule has 1 aromatic rings. The third kappa shape index (κ3) is 8.07. The Balaban J connectivity index is 2.00. The van der Waals surface area contributed by atoms with Gasteiger partial charge < -0.3 is 20.1 Å². The van der Waals surface area contributed by atoms with Crippen LogP contribution in [-0.4, -0.2) is 40.3 Å². The van der Waals surface area contributed by atoms with Crippen molar-refractivity contribution in [1.82, 2.24) is 15.6 Å². The summed E-state index contributed by atoms with van der Waals surface area (Å²) in [6, 6.07) is 2.57. The number of nitrogens with one attached hydrogen (secondary N) is 3. The van der Waals surface area contributed by atoms with Crippen molar-refractivity contribution in [3.8, 4) is 0 Å². The Morgan fingerprint density at radius 2 is 1.65 bits per heavy atom. The Morgan fingerprint density at radius 3 is 2.26 bits per heavy atom. The number of aromatic nitrogens is 1. The molecule has 0 aliphatic heterocycles.